The zero-order chi connectivity index (χ0) is 19.4. The summed E-state index contributed by atoms with van der Waals surface area (Å²) < 4.78 is 0. The van der Waals surface area contributed by atoms with E-state index in [0.717, 1.165) is 71.5 Å². The molecule has 0 radical (unpaired) electrons. The SMILES string of the molecule is CCCCc1sc(-c2c(C#N)c(N)nc3c2CCCCCC3)cc1[N+](=O)[O-]. The lowest BCUT2D eigenvalue weighted by Crippen LogP contribution is -2.09. The molecule has 0 saturated carbocycles. The summed E-state index contributed by atoms with van der Waals surface area (Å²) in [6.07, 6.45) is 8.65. The van der Waals surface area contributed by atoms with Crippen molar-refractivity contribution in [3.63, 3.8) is 0 Å². The lowest BCUT2D eigenvalue weighted by Gasteiger charge is -2.18. The minimum absolute atomic E-state index is 0.155. The van der Waals surface area contributed by atoms with Gasteiger partial charge in [0.1, 0.15) is 17.5 Å². The molecule has 0 bridgehead atoms. The summed E-state index contributed by atoms with van der Waals surface area (Å²) in [6, 6.07) is 3.83. The van der Waals surface area contributed by atoms with Crippen LogP contribution in [0.4, 0.5) is 11.5 Å². The van der Waals surface area contributed by atoms with Gasteiger partial charge in [0.25, 0.3) is 5.69 Å². The fourth-order valence-corrected chi connectivity index (χ4v) is 4.96. The van der Waals surface area contributed by atoms with Crippen molar-refractivity contribution in [2.24, 2.45) is 0 Å². The maximum Gasteiger partial charge on any atom is 0.283 e. The fourth-order valence-electron chi connectivity index (χ4n) is 3.71. The Morgan fingerprint density at radius 1 is 1.33 bits per heavy atom. The molecular weight excluding hydrogens is 360 g/mol. The third-order valence-electron chi connectivity index (χ3n) is 5.10. The minimum atomic E-state index is -0.314. The van der Waals surface area contributed by atoms with E-state index >= 15 is 0 Å². The van der Waals surface area contributed by atoms with Gasteiger partial charge in [-0.1, -0.05) is 26.2 Å². The summed E-state index contributed by atoms with van der Waals surface area (Å²) in [5.74, 6) is 0.234. The number of nitro groups is 1. The highest BCUT2D eigenvalue weighted by atomic mass is 32.1. The van der Waals surface area contributed by atoms with Gasteiger partial charge in [-0.25, -0.2) is 4.98 Å². The van der Waals surface area contributed by atoms with Crippen molar-refractivity contribution >= 4 is 22.8 Å². The Labute approximate surface area is 163 Å². The van der Waals surface area contributed by atoms with Crippen molar-refractivity contribution in [2.75, 3.05) is 5.73 Å². The van der Waals surface area contributed by atoms with E-state index < -0.39 is 0 Å². The number of nitrogen functional groups attached to an aromatic ring is 1. The van der Waals surface area contributed by atoms with Crippen LogP contribution in [0.25, 0.3) is 10.4 Å². The van der Waals surface area contributed by atoms with Gasteiger partial charge < -0.3 is 5.73 Å². The summed E-state index contributed by atoms with van der Waals surface area (Å²) in [6.45, 7) is 2.07. The minimum Gasteiger partial charge on any atom is -0.383 e. The van der Waals surface area contributed by atoms with Gasteiger partial charge >= 0.3 is 0 Å². The van der Waals surface area contributed by atoms with Gasteiger partial charge in [0.15, 0.2) is 0 Å². The molecule has 0 aromatic carbocycles. The number of pyridine rings is 1. The average molecular weight is 385 g/mol. The quantitative estimate of drug-likeness (QED) is 0.565. The second-order valence-electron chi connectivity index (χ2n) is 6.98. The summed E-state index contributed by atoms with van der Waals surface area (Å²) >= 11 is 1.43. The number of aryl methyl sites for hydroxylation is 2. The van der Waals surface area contributed by atoms with Crippen molar-refractivity contribution in [1.82, 2.24) is 4.98 Å². The molecule has 27 heavy (non-hydrogen) atoms. The van der Waals surface area contributed by atoms with Gasteiger partial charge in [-0.15, -0.1) is 11.3 Å². The zero-order valence-corrected chi connectivity index (χ0v) is 16.4. The van der Waals surface area contributed by atoms with Crippen LogP contribution in [0.2, 0.25) is 0 Å². The van der Waals surface area contributed by atoms with Gasteiger partial charge in [0, 0.05) is 22.2 Å². The summed E-state index contributed by atoms with van der Waals surface area (Å²) in [5, 5.41) is 21.3. The molecule has 0 saturated heterocycles. The molecule has 0 aliphatic heterocycles. The molecule has 3 rings (SSSR count). The monoisotopic (exact) mass is 384 g/mol. The summed E-state index contributed by atoms with van der Waals surface area (Å²) in [5.41, 5.74) is 9.40. The third kappa shape index (κ3) is 3.96. The number of aromatic nitrogens is 1. The number of thiophene rings is 1. The van der Waals surface area contributed by atoms with Gasteiger partial charge in [-0.05, 0) is 44.1 Å². The molecule has 142 valence electrons. The predicted octanol–water partition coefficient (Wildman–Crippen LogP) is 5.17. The van der Waals surface area contributed by atoms with E-state index in [-0.39, 0.29) is 16.4 Å². The fraction of sp³-hybridized carbons (Fsp3) is 0.500. The van der Waals surface area contributed by atoms with E-state index in [9.17, 15) is 15.4 Å². The van der Waals surface area contributed by atoms with Gasteiger partial charge in [-0.2, -0.15) is 5.26 Å². The number of nitrogens with zero attached hydrogens (tertiary/aromatic N) is 3. The lowest BCUT2D eigenvalue weighted by atomic mass is 9.90. The second kappa shape index (κ2) is 8.49. The van der Waals surface area contributed by atoms with Crippen LogP contribution in [0.1, 0.15) is 67.1 Å². The second-order valence-corrected chi connectivity index (χ2v) is 8.11. The zero-order valence-electron chi connectivity index (χ0n) is 15.6. The normalized spacial score (nSPS) is 14.1. The van der Waals surface area contributed by atoms with E-state index in [1.807, 2.05) is 0 Å². The first kappa shape index (κ1) is 19.3. The van der Waals surface area contributed by atoms with Crippen LogP contribution in [0.15, 0.2) is 6.07 Å². The van der Waals surface area contributed by atoms with Crippen LogP contribution in [0.3, 0.4) is 0 Å². The summed E-state index contributed by atoms with van der Waals surface area (Å²) in [4.78, 5) is 17.3. The van der Waals surface area contributed by atoms with Gasteiger partial charge in [-0.3, -0.25) is 10.1 Å². The van der Waals surface area contributed by atoms with Crippen LogP contribution < -0.4 is 5.73 Å². The number of nitriles is 1. The largest absolute Gasteiger partial charge is 0.383 e. The highest BCUT2D eigenvalue weighted by Crippen LogP contribution is 2.42. The lowest BCUT2D eigenvalue weighted by molar-refractivity contribution is -0.385. The smallest absolute Gasteiger partial charge is 0.283 e. The molecule has 7 heteroatoms. The van der Waals surface area contributed by atoms with E-state index in [0.29, 0.717) is 12.0 Å². The Hall–Kier alpha value is -2.46. The van der Waals surface area contributed by atoms with Gasteiger partial charge in [0.05, 0.1) is 9.80 Å². The summed E-state index contributed by atoms with van der Waals surface area (Å²) in [7, 11) is 0. The van der Waals surface area contributed by atoms with Crippen molar-refractivity contribution in [3.05, 3.63) is 37.9 Å². The maximum atomic E-state index is 11.6. The molecule has 2 N–H and O–H groups in total. The van der Waals surface area contributed by atoms with E-state index in [1.165, 1.54) is 17.8 Å². The van der Waals surface area contributed by atoms with Crippen LogP contribution in [0.5, 0.6) is 0 Å². The molecule has 0 atom stereocenters. The average Bonchev–Trinajstić information content (AvgIpc) is 3.04. The van der Waals surface area contributed by atoms with Gasteiger partial charge in [0.2, 0.25) is 0 Å². The van der Waals surface area contributed by atoms with E-state index in [2.05, 4.69) is 18.0 Å². The van der Waals surface area contributed by atoms with Crippen LogP contribution >= 0.6 is 11.3 Å². The molecule has 2 heterocycles. The first-order valence-electron chi connectivity index (χ1n) is 9.55. The van der Waals surface area contributed by atoms with E-state index in [4.69, 9.17) is 5.73 Å². The van der Waals surface area contributed by atoms with E-state index in [1.54, 1.807) is 6.07 Å². The van der Waals surface area contributed by atoms with Crippen LogP contribution in [-0.4, -0.2) is 9.91 Å². The molecule has 6 nitrogen and oxygen atoms in total. The number of hydrogen-bond acceptors (Lipinski definition) is 6. The van der Waals surface area contributed by atoms with Crippen LogP contribution in [-0.2, 0) is 19.3 Å². The number of nitrogens with two attached hydrogens (primary N) is 1. The Bertz CT molecular complexity index is 898. The van der Waals surface area contributed by atoms with Crippen molar-refractivity contribution in [2.45, 2.75) is 64.7 Å². The Morgan fingerprint density at radius 2 is 2.07 bits per heavy atom. The molecule has 1 aliphatic carbocycles. The Balaban J connectivity index is 2.20. The molecular formula is C20H24N4O2S. The van der Waals surface area contributed by atoms with Crippen molar-refractivity contribution in [1.29, 1.82) is 5.26 Å². The number of unbranched alkanes of at least 4 members (excludes halogenated alkanes) is 1. The molecule has 0 spiro atoms. The number of anilines is 1. The van der Waals surface area contributed by atoms with Crippen molar-refractivity contribution in [3.8, 4) is 16.5 Å². The highest BCUT2D eigenvalue weighted by molar-refractivity contribution is 7.16. The highest BCUT2D eigenvalue weighted by Gasteiger charge is 2.26. The first-order valence-corrected chi connectivity index (χ1v) is 10.4. The molecule has 2 aromatic rings. The number of fused-ring (bicyclic) bond motifs is 1. The maximum absolute atomic E-state index is 11.6. The number of rotatable bonds is 5. The molecule has 1 aliphatic rings. The molecule has 0 fully saturated rings. The van der Waals surface area contributed by atoms with Crippen LogP contribution in [0, 0.1) is 21.4 Å². The standard InChI is InChI=1S/C20H24N4O2S/c1-2-3-10-17-16(24(25)26)11-18(27-17)19-13-8-6-4-5-7-9-15(13)23-20(22)14(19)12-21/h11H,2-10H2,1H3,(H2,22,23). The third-order valence-corrected chi connectivity index (χ3v) is 6.30. The predicted molar refractivity (Wildman–Crippen MR) is 108 cm³/mol. The molecule has 2 aromatic heterocycles. The molecule has 0 amide bonds. The Morgan fingerprint density at radius 3 is 2.74 bits per heavy atom. The topological polar surface area (TPSA) is 106 Å². The molecule has 0 unspecified atom stereocenters. The number of hydrogen-bond donors (Lipinski definition) is 1. The van der Waals surface area contributed by atoms with Crippen molar-refractivity contribution < 1.29 is 4.92 Å². The Kier molecular flexibility index (Phi) is 6.07. The first-order chi connectivity index (χ1) is 13.1.